The van der Waals surface area contributed by atoms with E-state index in [4.69, 9.17) is 9.47 Å². The average Bonchev–Trinajstić information content (AvgIpc) is 3.44. The Bertz CT molecular complexity index is 1340. The van der Waals surface area contributed by atoms with Gasteiger partial charge in [-0.1, -0.05) is 42.5 Å². The van der Waals surface area contributed by atoms with E-state index >= 15 is 0 Å². The van der Waals surface area contributed by atoms with Gasteiger partial charge in [0.25, 0.3) is 0 Å². The summed E-state index contributed by atoms with van der Waals surface area (Å²) < 4.78 is 12.3. The van der Waals surface area contributed by atoms with E-state index in [-0.39, 0.29) is 23.0 Å². The van der Waals surface area contributed by atoms with Crippen LogP contribution in [0.15, 0.2) is 66.7 Å². The molecule has 0 N–H and O–H groups in total. The molecule has 0 amide bonds. The number of carbonyl (C=O) groups excluding carboxylic acids is 1. The maximum atomic E-state index is 13.1. The van der Waals surface area contributed by atoms with Crippen molar-refractivity contribution < 1.29 is 14.3 Å². The minimum Gasteiger partial charge on any atom is -0.481 e. The Labute approximate surface area is 210 Å². The Balaban J connectivity index is 1.36. The van der Waals surface area contributed by atoms with E-state index in [1.807, 2.05) is 6.07 Å². The lowest BCUT2D eigenvalue weighted by atomic mass is 9.87. The van der Waals surface area contributed by atoms with Crippen LogP contribution in [0.4, 0.5) is 0 Å². The highest BCUT2D eigenvalue weighted by Crippen LogP contribution is 2.45. The summed E-state index contributed by atoms with van der Waals surface area (Å²) in [5, 5.41) is 2.34. The number of esters is 1. The van der Waals surface area contributed by atoms with Gasteiger partial charge in [-0.3, -0.25) is 0 Å². The lowest BCUT2D eigenvalue weighted by molar-refractivity contribution is -0.163. The molecule has 0 unspecified atom stereocenters. The van der Waals surface area contributed by atoms with Gasteiger partial charge in [0.15, 0.2) is 21.3 Å². The van der Waals surface area contributed by atoms with Gasteiger partial charge in [-0.2, -0.15) is 0 Å². The second kappa shape index (κ2) is 9.50. The van der Waals surface area contributed by atoms with Gasteiger partial charge in [-0.25, -0.2) is 4.79 Å². The molecule has 1 fully saturated rings. The Morgan fingerprint density at radius 2 is 1.49 bits per heavy atom. The first-order valence-corrected chi connectivity index (χ1v) is 13.6. The van der Waals surface area contributed by atoms with Crippen LogP contribution in [0.25, 0.3) is 15.7 Å². The monoisotopic (exact) mass is 485 g/mol. The number of rotatable bonds is 6. The van der Waals surface area contributed by atoms with Crippen molar-refractivity contribution in [1.29, 1.82) is 0 Å². The first-order valence-electron chi connectivity index (χ1n) is 12.4. The van der Waals surface area contributed by atoms with Crippen LogP contribution in [0.3, 0.4) is 0 Å². The molecule has 180 valence electrons. The third-order valence-electron chi connectivity index (χ3n) is 7.20. The second-order valence-corrected chi connectivity index (χ2v) is 12.1. The quantitative estimate of drug-likeness (QED) is 0.204. The first kappa shape index (κ1) is 23.6. The molecule has 3 aromatic carbocycles. The van der Waals surface area contributed by atoms with Crippen LogP contribution in [0, 0.1) is 27.7 Å². The zero-order valence-electron chi connectivity index (χ0n) is 21.0. The molecule has 1 aliphatic rings. The van der Waals surface area contributed by atoms with Gasteiger partial charge in [0.05, 0.1) is 0 Å². The lowest BCUT2D eigenvalue weighted by Crippen LogP contribution is -2.32. The molecule has 3 nitrogen and oxygen atoms in total. The highest BCUT2D eigenvalue weighted by Gasteiger charge is 2.40. The number of hydrogen-bond acceptors (Lipinski definition) is 3. The molecule has 1 aliphatic carbocycles. The van der Waals surface area contributed by atoms with Crippen LogP contribution in [-0.2, 0) is 15.1 Å². The smallest absolute Gasteiger partial charge is 0.345 e. The lowest BCUT2D eigenvalue weighted by Gasteiger charge is -2.31. The molecule has 5 rings (SSSR count). The second-order valence-electron chi connectivity index (χ2n) is 9.74. The van der Waals surface area contributed by atoms with Crippen molar-refractivity contribution in [3.63, 3.8) is 0 Å². The van der Waals surface area contributed by atoms with Crippen molar-refractivity contribution in [1.82, 2.24) is 0 Å². The SMILES string of the molecule is Cc1cc(-[s+]2c(C)ccc2C)cc(C)c1OCC(=O)OC1(c2cccc3ccccc23)CCCC1. The van der Waals surface area contributed by atoms with Gasteiger partial charge in [-0.15, -0.1) is 0 Å². The molecule has 1 heterocycles. The summed E-state index contributed by atoms with van der Waals surface area (Å²) in [6.07, 6.45) is 3.81. The van der Waals surface area contributed by atoms with E-state index in [1.165, 1.54) is 20.0 Å². The zero-order valence-corrected chi connectivity index (χ0v) is 21.8. The zero-order chi connectivity index (χ0) is 24.6. The van der Waals surface area contributed by atoms with Crippen LogP contribution in [-0.4, -0.2) is 12.6 Å². The highest BCUT2D eigenvalue weighted by molar-refractivity contribution is 7.39. The number of thiophene rings is 1. The van der Waals surface area contributed by atoms with Crippen LogP contribution in [0.1, 0.15) is 52.1 Å². The molecule has 0 radical (unpaired) electrons. The van der Waals surface area contributed by atoms with Gasteiger partial charge < -0.3 is 9.47 Å². The maximum Gasteiger partial charge on any atom is 0.345 e. The van der Waals surface area contributed by atoms with E-state index in [2.05, 4.69) is 88.4 Å². The highest BCUT2D eigenvalue weighted by atomic mass is 32.2. The molecule has 0 atom stereocenters. The Morgan fingerprint density at radius 3 is 2.17 bits per heavy atom. The van der Waals surface area contributed by atoms with E-state index in [0.29, 0.717) is 0 Å². The first-order chi connectivity index (χ1) is 16.9. The molecule has 4 heteroatoms. The Kier molecular flexibility index (Phi) is 6.41. The van der Waals surface area contributed by atoms with Crippen LogP contribution in [0.2, 0.25) is 0 Å². The van der Waals surface area contributed by atoms with E-state index in [1.54, 1.807) is 0 Å². The number of hydrogen-bond donors (Lipinski definition) is 0. The Hall–Kier alpha value is -3.11. The van der Waals surface area contributed by atoms with Gasteiger partial charge in [-0.05, 0) is 73.6 Å². The molecular formula is C31H33O3S+. The largest absolute Gasteiger partial charge is 0.481 e. The Morgan fingerprint density at radius 1 is 0.857 bits per heavy atom. The molecule has 0 saturated heterocycles. The number of carbonyl (C=O) groups is 1. The van der Waals surface area contributed by atoms with Crippen molar-refractivity contribution >= 4 is 27.2 Å². The summed E-state index contributed by atoms with van der Waals surface area (Å²) in [5.74, 6) is 0.473. The molecule has 0 spiro atoms. The predicted molar refractivity (Wildman–Crippen MR) is 145 cm³/mol. The van der Waals surface area contributed by atoms with Crippen molar-refractivity contribution in [2.24, 2.45) is 0 Å². The van der Waals surface area contributed by atoms with Crippen molar-refractivity contribution in [3.8, 4) is 10.6 Å². The maximum absolute atomic E-state index is 13.1. The summed E-state index contributed by atoms with van der Waals surface area (Å²) in [4.78, 5) is 17.2. The van der Waals surface area contributed by atoms with Crippen LogP contribution >= 0.6 is 10.5 Å². The van der Waals surface area contributed by atoms with Gasteiger partial charge in [0.2, 0.25) is 0 Å². The van der Waals surface area contributed by atoms with Gasteiger partial charge >= 0.3 is 5.97 Å². The fourth-order valence-electron chi connectivity index (χ4n) is 5.63. The third kappa shape index (κ3) is 4.48. The van der Waals surface area contributed by atoms with Gasteiger partial charge in [0, 0.05) is 42.0 Å². The summed E-state index contributed by atoms with van der Waals surface area (Å²) in [7, 11) is 0.0114. The molecule has 0 bridgehead atoms. The fraction of sp³-hybridized carbons (Fsp3) is 0.323. The standard InChI is InChI=1S/C31H33O3S/c1-21-18-26(35-23(3)14-15-24(35)4)19-22(2)30(21)33-20-29(32)34-31(16-7-8-17-31)28-13-9-11-25-10-5-6-12-27(25)28/h5-6,9-15,18-19H,7-8,16-17,20H2,1-4H3/q+1. The number of aryl methyl sites for hydroxylation is 4. The van der Waals surface area contributed by atoms with Gasteiger partial charge in [0.1, 0.15) is 11.4 Å². The van der Waals surface area contributed by atoms with Crippen molar-refractivity contribution in [2.45, 2.75) is 59.0 Å². The molecule has 1 saturated carbocycles. The minimum atomic E-state index is -0.577. The molecule has 0 aliphatic heterocycles. The van der Waals surface area contributed by atoms with Crippen LogP contribution in [0.5, 0.6) is 5.75 Å². The topological polar surface area (TPSA) is 35.5 Å². The molecule has 1 aromatic heterocycles. The van der Waals surface area contributed by atoms with E-state index in [0.717, 1.165) is 53.5 Å². The summed E-state index contributed by atoms with van der Waals surface area (Å²) in [5.41, 5.74) is 2.64. The number of ether oxygens (including phenoxy) is 2. The minimum absolute atomic E-state index is 0.0114. The number of benzene rings is 3. The predicted octanol–water partition coefficient (Wildman–Crippen LogP) is 8.20. The molecular weight excluding hydrogens is 452 g/mol. The van der Waals surface area contributed by atoms with E-state index < -0.39 is 5.60 Å². The summed E-state index contributed by atoms with van der Waals surface area (Å²) in [6, 6.07) is 23.4. The molecule has 4 aromatic rings. The normalized spacial score (nSPS) is 14.9. The average molecular weight is 486 g/mol. The fourth-order valence-corrected chi connectivity index (χ4v) is 7.88. The molecule has 35 heavy (non-hydrogen) atoms. The van der Waals surface area contributed by atoms with Crippen LogP contribution < -0.4 is 4.74 Å². The van der Waals surface area contributed by atoms with Crippen molar-refractivity contribution in [3.05, 3.63) is 93.2 Å². The number of fused-ring (bicyclic) bond motifs is 1. The summed E-state index contributed by atoms with van der Waals surface area (Å²) in [6.45, 7) is 8.41. The van der Waals surface area contributed by atoms with Crippen molar-refractivity contribution in [2.75, 3.05) is 6.61 Å². The van der Waals surface area contributed by atoms with E-state index in [9.17, 15) is 4.79 Å². The summed E-state index contributed by atoms with van der Waals surface area (Å²) >= 11 is 0. The third-order valence-corrected chi connectivity index (χ3v) is 9.47.